The van der Waals surface area contributed by atoms with Crippen LogP contribution >= 0.6 is 24.8 Å². The van der Waals surface area contributed by atoms with E-state index < -0.39 is 0 Å². The van der Waals surface area contributed by atoms with Crippen LogP contribution in [-0.4, -0.2) is 17.4 Å². The van der Waals surface area contributed by atoms with E-state index in [0.717, 1.165) is 13.1 Å². The molecule has 0 aromatic heterocycles. The second-order valence-corrected chi connectivity index (χ2v) is 11.4. The highest BCUT2D eigenvalue weighted by molar-refractivity contribution is 8.11. The largest absolute Gasteiger partial charge is 0.371 e. The summed E-state index contributed by atoms with van der Waals surface area (Å²) in [5, 5.41) is 3.11. The Labute approximate surface area is 219 Å². The topological polar surface area (TPSA) is 38.0 Å². The Morgan fingerprint density at radius 1 is 0.424 bits per heavy atom. The molecule has 0 saturated heterocycles. The minimum absolute atomic E-state index is 0.627. The molecule has 198 valence electrons. The van der Waals surface area contributed by atoms with E-state index in [1.54, 1.807) is 0 Å². The summed E-state index contributed by atoms with van der Waals surface area (Å²) in [6.07, 6.45) is 37.0. The fraction of sp³-hybridized carbons (Fsp3) is 0.966. The molecule has 0 aromatic rings. The Morgan fingerprint density at radius 2 is 0.636 bits per heavy atom. The second kappa shape index (κ2) is 30.2. The van der Waals surface area contributed by atoms with Crippen molar-refractivity contribution in [2.45, 2.75) is 167 Å². The zero-order chi connectivity index (χ0) is 24.1. The van der Waals surface area contributed by atoms with Crippen LogP contribution in [0.3, 0.4) is 0 Å². The molecule has 0 unspecified atom stereocenters. The van der Waals surface area contributed by atoms with Gasteiger partial charge in [-0.15, -0.1) is 12.6 Å². The van der Waals surface area contributed by atoms with E-state index in [1.807, 2.05) is 0 Å². The van der Waals surface area contributed by atoms with Gasteiger partial charge in [0.1, 0.15) is 4.32 Å². The van der Waals surface area contributed by atoms with E-state index in [2.05, 4.69) is 17.9 Å². The maximum absolute atomic E-state index is 5.53. The van der Waals surface area contributed by atoms with Gasteiger partial charge < -0.3 is 11.1 Å². The molecular weight excluding hydrogens is 440 g/mol. The van der Waals surface area contributed by atoms with Gasteiger partial charge in [-0.2, -0.15) is 0 Å². The fourth-order valence-corrected chi connectivity index (χ4v) is 4.92. The normalized spacial score (nSPS) is 11.2. The van der Waals surface area contributed by atoms with Gasteiger partial charge in [-0.3, -0.25) is 0 Å². The van der Waals surface area contributed by atoms with E-state index in [9.17, 15) is 0 Å². The molecule has 0 aliphatic rings. The van der Waals surface area contributed by atoms with Crippen LogP contribution in [0.4, 0.5) is 0 Å². The number of nitrogens with two attached hydrogens (primary N) is 1. The Balaban J connectivity index is 3.01. The summed E-state index contributed by atoms with van der Waals surface area (Å²) in [7, 11) is 0. The highest BCUT2D eigenvalue weighted by Gasteiger charge is 1.96. The summed E-state index contributed by atoms with van der Waals surface area (Å²) in [5.74, 6) is 0. The van der Waals surface area contributed by atoms with Crippen molar-refractivity contribution in [3.63, 3.8) is 0 Å². The molecule has 0 aliphatic carbocycles. The second-order valence-electron chi connectivity index (χ2n) is 10.2. The predicted octanol–water partition coefficient (Wildman–Crippen LogP) is 9.89. The molecule has 0 bridgehead atoms. The van der Waals surface area contributed by atoms with Crippen molar-refractivity contribution in [1.29, 1.82) is 0 Å². The number of hydrogen-bond acceptors (Lipinski definition) is 2. The smallest absolute Gasteiger partial charge is 0.130 e. The van der Waals surface area contributed by atoms with Gasteiger partial charge in [0.05, 0.1) is 0 Å². The van der Waals surface area contributed by atoms with E-state index >= 15 is 0 Å². The molecule has 0 rings (SSSR count). The van der Waals surface area contributed by atoms with Crippen molar-refractivity contribution in [1.82, 2.24) is 5.32 Å². The first-order valence-corrected chi connectivity index (χ1v) is 15.8. The van der Waals surface area contributed by atoms with Gasteiger partial charge in [-0.05, 0) is 19.4 Å². The molecule has 0 amide bonds. The highest BCUT2D eigenvalue weighted by atomic mass is 32.1. The van der Waals surface area contributed by atoms with Gasteiger partial charge >= 0.3 is 0 Å². The molecule has 2 nitrogen and oxygen atoms in total. The van der Waals surface area contributed by atoms with Crippen molar-refractivity contribution in [3.05, 3.63) is 0 Å². The third-order valence-electron chi connectivity index (χ3n) is 6.91. The van der Waals surface area contributed by atoms with Crippen molar-refractivity contribution < 1.29 is 0 Å². The summed E-state index contributed by atoms with van der Waals surface area (Å²) >= 11 is 8.97. The number of rotatable bonds is 28. The van der Waals surface area contributed by atoms with E-state index in [0.29, 0.717) is 4.32 Å². The molecule has 0 radical (unpaired) electrons. The van der Waals surface area contributed by atoms with Crippen molar-refractivity contribution in [2.75, 3.05) is 13.1 Å². The molecule has 0 aliphatic heterocycles. The Kier molecular flexibility index (Phi) is 30.4. The van der Waals surface area contributed by atoms with Crippen LogP contribution in [0.1, 0.15) is 167 Å². The molecule has 4 heteroatoms. The number of hydrogen-bond donors (Lipinski definition) is 3. The Hall–Kier alpha value is 0.200. The quantitative estimate of drug-likeness (QED) is 0.0568. The molecule has 0 heterocycles. The molecule has 0 saturated carbocycles. The summed E-state index contributed by atoms with van der Waals surface area (Å²) in [6, 6.07) is 0. The molecule has 0 atom stereocenters. The lowest BCUT2D eigenvalue weighted by Gasteiger charge is -2.05. The van der Waals surface area contributed by atoms with Crippen molar-refractivity contribution in [2.24, 2.45) is 5.73 Å². The molecule has 33 heavy (non-hydrogen) atoms. The lowest BCUT2D eigenvalue weighted by molar-refractivity contribution is 0.515. The van der Waals surface area contributed by atoms with Crippen LogP contribution in [0.5, 0.6) is 0 Å². The molecule has 0 fully saturated rings. The average molecular weight is 501 g/mol. The van der Waals surface area contributed by atoms with Crippen LogP contribution < -0.4 is 11.1 Å². The minimum atomic E-state index is 0.627. The third kappa shape index (κ3) is 32.2. The van der Waals surface area contributed by atoms with Crippen molar-refractivity contribution >= 4 is 29.2 Å². The van der Waals surface area contributed by atoms with Gasteiger partial charge in [0.25, 0.3) is 0 Å². The Bertz CT molecular complexity index is 377. The molecule has 3 N–H and O–H groups in total. The number of nitrogens with one attached hydrogen (secondary N) is 1. The lowest BCUT2D eigenvalue weighted by atomic mass is 10.0. The predicted molar refractivity (Wildman–Crippen MR) is 159 cm³/mol. The number of thiocarbonyl (C=S) groups is 1. The molecular formula is C29H60N2S2. The molecule has 0 aromatic carbocycles. The fourth-order valence-electron chi connectivity index (χ4n) is 4.71. The molecule has 0 spiro atoms. The van der Waals surface area contributed by atoms with Crippen LogP contribution in [0.25, 0.3) is 0 Å². The summed E-state index contributed by atoms with van der Waals surface area (Å²) < 4.78 is 0.627. The van der Waals surface area contributed by atoms with Crippen LogP contribution in [0.15, 0.2) is 0 Å². The zero-order valence-corrected chi connectivity index (χ0v) is 23.9. The first kappa shape index (κ1) is 33.2. The van der Waals surface area contributed by atoms with Crippen LogP contribution in [0.2, 0.25) is 0 Å². The highest BCUT2D eigenvalue weighted by Crippen LogP contribution is 2.15. The average Bonchev–Trinajstić information content (AvgIpc) is 2.80. The van der Waals surface area contributed by atoms with Gasteiger partial charge in [0.15, 0.2) is 0 Å². The monoisotopic (exact) mass is 500 g/mol. The summed E-state index contributed by atoms with van der Waals surface area (Å²) in [6.45, 7) is 1.86. The first-order valence-electron chi connectivity index (χ1n) is 14.9. The van der Waals surface area contributed by atoms with Crippen molar-refractivity contribution in [3.8, 4) is 0 Å². The van der Waals surface area contributed by atoms with E-state index in [1.165, 1.54) is 167 Å². The van der Waals surface area contributed by atoms with Gasteiger partial charge in [-0.25, -0.2) is 0 Å². The summed E-state index contributed by atoms with van der Waals surface area (Å²) in [4.78, 5) is 0. The minimum Gasteiger partial charge on any atom is -0.371 e. The van der Waals surface area contributed by atoms with Gasteiger partial charge in [0, 0.05) is 6.54 Å². The third-order valence-corrected chi connectivity index (χ3v) is 7.21. The maximum Gasteiger partial charge on any atom is 0.130 e. The van der Waals surface area contributed by atoms with E-state index in [4.69, 9.17) is 18.0 Å². The first-order chi connectivity index (χ1) is 16.3. The number of thiol groups is 1. The van der Waals surface area contributed by atoms with E-state index in [-0.39, 0.29) is 0 Å². The SMILES string of the molecule is NCCCCCCCCCCCCCCCCCCCCCCCCCCCCNC(=S)S. The summed E-state index contributed by atoms with van der Waals surface area (Å²) in [5.41, 5.74) is 5.53. The number of unbranched alkanes of at least 4 members (excludes halogenated alkanes) is 25. The lowest BCUT2D eigenvalue weighted by Crippen LogP contribution is -2.17. The standard InChI is InChI=1S/C29H60N2S2/c30-27-25-23-21-19-17-15-13-11-9-7-5-3-1-2-4-6-8-10-12-14-16-18-20-22-24-26-28-31-29(32)33/h1-28,30H2,(H2,31,32,33). The van der Waals surface area contributed by atoms with Gasteiger partial charge in [-0.1, -0.05) is 166 Å². The van der Waals surface area contributed by atoms with Gasteiger partial charge in [0.2, 0.25) is 0 Å². The maximum atomic E-state index is 5.53. The Morgan fingerprint density at radius 3 is 0.848 bits per heavy atom. The zero-order valence-electron chi connectivity index (χ0n) is 22.2. The van der Waals surface area contributed by atoms with Crippen LogP contribution in [0, 0.1) is 0 Å². The van der Waals surface area contributed by atoms with Crippen LogP contribution in [-0.2, 0) is 0 Å².